The van der Waals surface area contributed by atoms with Gasteiger partial charge in [0, 0.05) is 0 Å². The molecule has 0 spiro atoms. The molecule has 1 rings (SSSR count). The maximum Gasteiger partial charge on any atom is 0.404 e. The molecule has 0 aliphatic carbocycles. The van der Waals surface area contributed by atoms with E-state index in [4.69, 9.17) is 7.85 Å². The monoisotopic (exact) mass is 163 g/mol. The molecule has 2 atom stereocenters. The predicted molar refractivity (Wildman–Crippen MR) is 36.6 cm³/mol. The first-order valence-corrected chi connectivity index (χ1v) is 3.44. The number of halogens is 3. The Morgan fingerprint density at radius 2 is 2.00 bits per heavy atom. The van der Waals surface area contributed by atoms with Crippen molar-refractivity contribution in [1.29, 1.82) is 0 Å². The van der Waals surface area contributed by atoms with E-state index in [-0.39, 0.29) is 12.2 Å². The lowest BCUT2D eigenvalue weighted by Gasteiger charge is -2.21. The standard InChI is InChI=1S/C6H9BF3N/c1-11-3-4(7)2-5(11)6(8,9)10/h4-5H,2-3H2,1H3. The van der Waals surface area contributed by atoms with Crippen LogP contribution in [0.25, 0.3) is 0 Å². The van der Waals surface area contributed by atoms with Gasteiger partial charge in [-0.15, -0.1) is 0 Å². The molecule has 0 N–H and O–H groups in total. The molecule has 62 valence electrons. The van der Waals surface area contributed by atoms with Crippen LogP contribution in [-0.2, 0) is 0 Å². The average molecular weight is 163 g/mol. The van der Waals surface area contributed by atoms with Gasteiger partial charge < -0.3 is 0 Å². The Hall–Kier alpha value is -0.185. The maximum atomic E-state index is 12.1. The van der Waals surface area contributed by atoms with Gasteiger partial charge in [-0.2, -0.15) is 13.2 Å². The van der Waals surface area contributed by atoms with Gasteiger partial charge in [-0.25, -0.2) is 0 Å². The lowest BCUT2D eigenvalue weighted by molar-refractivity contribution is -0.172. The highest BCUT2D eigenvalue weighted by Crippen LogP contribution is 2.35. The van der Waals surface area contributed by atoms with Crippen molar-refractivity contribution >= 4 is 7.85 Å². The molecule has 1 nitrogen and oxygen atoms in total. The third-order valence-electron chi connectivity index (χ3n) is 1.96. The molecule has 2 radical (unpaired) electrons. The van der Waals surface area contributed by atoms with Crippen molar-refractivity contribution in [2.75, 3.05) is 13.6 Å². The molecule has 0 aromatic carbocycles. The second-order valence-electron chi connectivity index (χ2n) is 2.99. The molecule has 2 unspecified atom stereocenters. The quantitative estimate of drug-likeness (QED) is 0.485. The van der Waals surface area contributed by atoms with E-state index in [0.717, 1.165) is 0 Å². The Morgan fingerprint density at radius 1 is 1.45 bits per heavy atom. The van der Waals surface area contributed by atoms with Gasteiger partial charge in [0.05, 0.1) is 7.85 Å². The lowest BCUT2D eigenvalue weighted by Crippen LogP contribution is -2.38. The minimum Gasteiger partial charge on any atom is -0.296 e. The summed E-state index contributed by atoms with van der Waals surface area (Å²) in [7, 11) is 6.82. The van der Waals surface area contributed by atoms with Gasteiger partial charge in [-0.3, -0.25) is 4.90 Å². The van der Waals surface area contributed by atoms with Crippen molar-refractivity contribution in [2.24, 2.45) is 0 Å². The molecule has 1 fully saturated rings. The highest BCUT2D eigenvalue weighted by atomic mass is 19.4. The van der Waals surface area contributed by atoms with Crippen molar-refractivity contribution in [1.82, 2.24) is 4.90 Å². The number of nitrogens with zero attached hydrogens (tertiary/aromatic N) is 1. The van der Waals surface area contributed by atoms with Crippen LogP contribution < -0.4 is 0 Å². The fourth-order valence-corrected chi connectivity index (χ4v) is 1.42. The first kappa shape index (κ1) is 8.91. The van der Waals surface area contributed by atoms with Gasteiger partial charge in [0.25, 0.3) is 0 Å². The second kappa shape index (κ2) is 2.70. The molecule has 0 bridgehead atoms. The predicted octanol–water partition coefficient (Wildman–Crippen LogP) is 1.21. The minimum atomic E-state index is -4.12. The van der Waals surface area contributed by atoms with E-state index in [1.54, 1.807) is 0 Å². The fourth-order valence-electron chi connectivity index (χ4n) is 1.42. The van der Waals surface area contributed by atoms with Crippen molar-refractivity contribution < 1.29 is 13.2 Å². The van der Waals surface area contributed by atoms with Crippen molar-refractivity contribution in [3.05, 3.63) is 0 Å². The summed E-state index contributed by atoms with van der Waals surface area (Å²) in [5.74, 6) is -0.327. The van der Waals surface area contributed by atoms with Crippen LogP contribution in [0.1, 0.15) is 6.42 Å². The van der Waals surface area contributed by atoms with Crippen molar-refractivity contribution in [3.63, 3.8) is 0 Å². The Labute approximate surface area is 65.0 Å². The van der Waals surface area contributed by atoms with E-state index in [0.29, 0.717) is 6.54 Å². The van der Waals surface area contributed by atoms with Gasteiger partial charge in [0.15, 0.2) is 0 Å². The van der Waals surface area contributed by atoms with E-state index >= 15 is 0 Å². The van der Waals surface area contributed by atoms with Crippen LogP contribution in [-0.4, -0.2) is 38.6 Å². The summed E-state index contributed by atoms with van der Waals surface area (Å²) >= 11 is 0. The Morgan fingerprint density at radius 3 is 2.18 bits per heavy atom. The Balaban J connectivity index is 2.60. The molecule has 0 saturated carbocycles. The summed E-state index contributed by atoms with van der Waals surface area (Å²) in [6, 6.07) is -1.34. The highest BCUT2D eigenvalue weighted by Gasteiger charge is 2.46. The molecule has 11 heavy (non-hydrogen) atoms. The van der Waals surface area contributed by atoms with E-state index < -0.39 is 12.2 Å². The zero-order valence-corrected chi connectivity index (χ0v) is 6.23. The molecule has 1 aliphatic rings. The maximum absolute atomic E-state index is 12.1. The van der Waals surface area contributed by atoms with Gasteiger partial charge in [-0.1, -0.05) is 5.82 Å². The van der Waals surface area contributed by atoms with Gasteiger partial charge in [0.2, 0.25) is 0 Å². The molecule has 5 heteroatoms. The molecule has 1 aliphatic heterocycles. The summed E-state index contributed by atoms with van der Waals surface area (Å²) in [4.78, 5) is 1.25. The largest absolute Gasteiger partial charge is 0.404 e. The topological polar surface area (TPSA) is 3.24 Å². The molecular formula is C6H9BF3N. The smallest absolute Gasteiger partial charge is 0.296 e. The van der Waals surface area contributed by atoms with E-state index in [1.807, 2.05) is 0 Å². The average Bonchev–Trinajstić information content (AvgIpc) is 2.08. The number of hydrogen-bond donors (Lipinski definition) is 0. The molecule has 0 amide bonds. The minimum absolute atomic E-state index is 0.0278. The van der Waals surface area contributed by atoms with E-state index in [9.17, 15) is 13.2 Å². The normalized spacial score (nSPS) is 34.5. The number of alkyl halides is 3. The number of rotatable bonds is 0. The van der Waals surface area contributed by atoms with Crippen molar-refractivity contribution in [2.45, 2.75) is 24.5 Å². The molecule has 0 aromatic heterocycles. The molecule has 1 saturated heterocycles. The zero-order valence-electron chi connectivity index (χ0n) is 6.23. The zero-order chi connectivity index (χ0) is 8.65. The van der Waals surface area contributed by atoms with Crippen LogP contribution in [0.2, 0.25) is 5.82 Å². The van der Waals surface area contributed by atoms with Gasteiger partial charge >= 0.3 is 6.18 Å². The van der Waals surface area contributed by atoms with Crippen LogP contribution in [0.4, 0.5) is 13.2 Å². The van der Waals surface area contributed by atoms with Crippen LogP contribution in [0.3, 0.4) is 0 Å². The third kappa shape index (κ3) is 1.89. The molecule has 1 heterocycles. The van der Waals surface area contributed by atoms with Gasteiger partial charge in [-0.05, 0) is 20.0 Å². The fraction of sp³-hybridized carbons (Fsp3) is 1.00. The van der Waals surface area contributed by atoms with E-state index in [2.05, 4.69) is 0 Å². The molecule has 0 aromatic rings. The third-order valence-corrected chi connectivity index (χ3v) is 1.96. The summed E-state index contributed by atoms with van der Waals surface area (Å²) in [5.41, 5.74) is 0. The van der Waals surface area contributed by atoms with Crippen LogP contribution >= 0.6 is 0 Å². The van der Waals surface area contributed by atoms with Crippen LogP contribution in [0.15, 0.2) is 0 Å². The summed E-state index contributed by atoms with van der Waals surface area (Å²) in [5, 5.41) is 0. The summed E-state index contributed by atoms with van der Waals surface area (Å²) in [6.45, 7) is 0.337. The van der Waals surface area contributed by atoms with Gasteiger partial charge in [0.1, 0.15) is 6.04 Å². The first-order chi connectivity index (χ1) is 4.91. The summed E-state index contributed by atoms with van der Waals surface area (Å²) in [6.07, 6.45) is -4.09. The van der Waals surface area contributed by atoms with Crippen molar-refractivity contribution in [3.8, 4) is 0 Å². The highest BCUT2D eigenvalue weighted by molar-refractivity contribution is 6.12. The number of hydrogen-bond acceptors (Lipinski definition) is 1. The molecular weight excluding hydrogens is 154 g/mol. The van der Waals surface area contributed by atoms with Crippen LogP contribution in [0.5, 0.6) is 0 Å². The lowest BCUT2D eigenvalue weighted by atomic mass is 9.85. The number of likely N-dealkylation sites (tertiary alicyclic amines) is 1. The Kier molecular flexibility index (Phi) is 2.18. The first-order valence-electron chi connectivity index (χ1n) is 3.44. The van der Waals surface area contributed by atoms with Crippen LogP contribution in [0, 0.1) is 0 Å². The SMILES string of the molecule is [B]C1CC(C(F)(F)F)N(C)C1. The Bertz CT molecular complexity index is 147. The van der Waals surface area contributed by atoms with E-state index in [1.165, 1.54) is 11.9 Å². The second-order valence-corrected chi connectivity index (χ2v) is 2.99. The summed E-state index contributed by atoms with van der Waals surface area (Å²) < 4.78 is 36.3.